The van der Waals surface area contributed by atoms with Gasteiger partial charge in [0.25, 0.3) is 0 Å². The predicted molar refractivity (Wildman–Crippen MR) is 142 cm³/mol. The molecule has 0 atom stereocenters. The van der Waals surface area contributed by atoms with Crippen LogP contribution in [0.4, 0.5) is 22.2 Å². The third kappa shape index (κ3) is 6.90. The van der Waals surface area contributed by atoms with Crippen LogP contribution < -0.4 is 20.0 Å². The lowest BCUT2D eigenvalue weighted by molar-refractivity contribution is 0.121. The molecule has 0 bridgehead atoms. The Morgan fingerprint density at radius 1 is 0.919 bits per heavy atom. The van der Waals surface area contributed by atoms with E-state index in [0.717, 1.165) is 15.6 Å². The maximum absolute atomic E-state index is 13.2. The lowest BCUT2D eigenvalue weighted by Crippen LogP contribution is -2.40. The molecule has 0 unspecified atom stereocenters. The van der Waals surface area contributed by atoms with Gasteiger partial charge in [0.2, 0.25) is 17.8 Å². The number of anilines is 3. The smallest absolute Gasteiger partial charge is 0.250 e. The minimum absolute atomic E-state index is 0.279. The molecule has 2 aromatic carbocycles. The number of nitrogens with zero attached hydrogens (tertiary/aromatic N) is 6. The number of nitrogens with one attached hydrogen (secondary N) is 1. The second kappa shape index (κ2) is 12.3. The molecule has 2 aliphatic rings. The number of hydrogen-bond donors (Lipinski definition) is 1. The summed E-state index contributed by atoms with van der Waals surface area (Å²) in [5.74, 6) is 1.87. The number of ether oxygens (including phenoxy) is 3. The number of benzene rings is 2. The molecule has 2 saturated heterocycles. The van der Waals surface area contributed by atoms with E-state index in [1.807, 2.05) is 18.2 Å². The Labute approximate surface area is 222 Å². The summed E-state index contributed by atoms with van der Waals surface area (Å²) in [5, 5.41) is 4.39. The highest BCUT2D eigenvalue weighted by Crippen LogP contribution is 2.23. The Hall–Kier alpha value is -3.35. The zero-order valence-corrected chi connectivity index (χ0v) is 21.7. The van der Waals surface area contributed by atoms with E-state index < -0.39 is 0 Å². The van der Waals surface area contributed by atoms with Crippen molar-refractivity contribution >= 4 is 40.0 Å². The van der Waals surface area contributed by atoms with E-state index >= 15 is 0 Å². The lowest BCUT2D eigenvalue weighted by Gasteiger charge is -2.30. The van der Waals surface area contributed by atoms with Crippen molar-refractivity contribution < 1.29 is 18.6 Å². The fourth-order valence-electron chi connectivity index (χ4n) is 3.87. The fraction of sp³-hybridized carbons (Fsp3) is 0.360. The van der Waals surface area contributed by atoms with Crippen molar-refractivity contribution in [2.75, 3.05) is 67.8 Å². The standard InChI is InChI=1S/C25H27BrFN7O3/c26-20-3-6-22(37-17-18-1-4-21(27)5-2-18)19(15-20)16-28-32-23-29-24(33-7-11-35-12-8-33)31-25(30-23)34-9-13-36-14-10-34/h1-6,15-16H,7-14,17H2,(H,29,30,31,32)/b28-16-. The van der Waals surface area contributed by atoms with Crippen molar-refractivity contribution in [3.05, 3.63) is 63.9 Å². The van der Waals surface area contributed by atoms with Gasteiger partial charge in [-0.3, -0.25) is 0 Å². The molecule has 1 N–H and O–H groups in total. The SMILES string of the molecule is Fc1ccc(COc2ccc(Br)cc2/C=N\Nc2nc(N3CCOCC3)nc(N3CCOCC3)n2)cc1. The van der Waals surface area contributed by atoms with Gasteiger partial charge in [0.1, 0.15) is 18.2 Å². The van der Waals surface area contributed by atoms with E-state index in [1.54, 1.807) is 18.3 Å². The van der Waals surface area contributed by atoms with E-state index in [-0.39, 0.29) is 5.82 Å². The van der Waals surface area contributed by atoms with Crippen LogP contribution in [0.15, 0.2) is 52.0 Å². The summed E-state index contributed by atoms with van der Waals surface area (Å²) in [7, 11) is 0. The van der Waals surface area contributed by atoms with E-state index in [9.17, 15) is 4.39 Å². The number of morpholine rings is 2. The Bertz CT molecular complexity index is 1180. The topological polar surface area (TPSA) is 97.2 Å². The Morgan fingerprint density at radius 2 is 1.54 bits per heavy atom. The van der Waals surface area contributed by atoms with Gasteiger partial charge in [-0.2, -0.15) is 20.1 Å². The molecular formula is C25H27BrFN7O3. The Kier molecular flexibility index (Phi) is 8.39. The van der Waals surface area contributed by atoms with Crippen molar-refractivity contribution in [3.8, 4) is 5.75 Å². The molecule has 0 radical (unpaired) electrons. The van der Waals surface area contributed by atoms with E-state index in [2.05, 4.69) is 46.2 Å². The van der Waals surface area contributed by atoms with E-state index in [4.69, 9.17) is 19.2 Å². The van der Waals surface area contributed by atoms with Gasteiger partial charge in [-0.15, -0.1) is 0 Å². The van der Waals surface area contributed by atoms with Crippen LogP contribution in [-0.4, -0.2) is 73.8 Å². The van der Waals surface area contributed by atoms with Crippen molar-refractivity contribution in [2.24, 2.45) is 5.10 Å². The molecule has 3 heterocycles. The summed E-state index contributed by atoms with van der Waals surface area (Å²) < 4.78 is 31.0. The first-order chi connectivity index (χ1) is 18.1. The summed E-state index contributed by atoms with van der Waals surface area (Å²) in [5.41, 5.74) is 4.57. The number of halogens is 2. The molecule has 0 amide bonds. The Balaban J connectivity index is 1.33. The van der Waals surface area contributed by atoms with Crippen LogP contribution in [0.5, 0.6) is 5.75 Å². The number of aromatic nitrogens is 3. The molecule has 3 aromatic rings. The second-order valence-corrected chi connectivity index (χ2v) is 9.34. The monoisotopic (exact) mass is 571 g/mol. The number of rotatable bonds is 8. The molecule has 12 heteroatoms. The number of hydrazone groups is 1. The van der Waals surface area contributed by atoms with Crippen LogP contribution in [0.2, 0.25) is 0 Å². The molecule has 0 spiro atoms. The molecule has 5 rings (SSSR count). The van der Waals surface area contributed by atoms with Crippen LogP contribution in [0.3, 0.4) is 0 Å². The molecule has 1 aromatic heterocycles. The van der Waals surface area contributed by atoms with Gasteiger partial charge in [0.05, 0.1) is 32.6 Å². The van der Waals surface area contributed by atoms with E-state index in [0.29, 0.717) is 82.8 Å². The number of hydrogen-bond acceptors (Lipinski definition) is 10. The summed E-state index contributed by atoms with van der Waals surface area (Å²) >= 11 is 3.50. The van der Waals surface area contributed by atoms with Gasteiger partial charge in [-0.25, -0.2) is 9.82 Å². The molecular weight excluding hydrogens is 545 g/mol. The van der Waals surface area contributed by atoms with Gasteiger partial charge >= 0.3 is 0 Å². The molecule has 194 valence electrons. The van der Waals surface area contributed by atoms with Crippen LogP contribution in [0.25, 0.3) is 0 Å². The van der Waals surface area contributed by atoms with Gasteiger partial charge in [-0.05, 0) is 35.9 Å². The zero-order valence-electron chi connectivity index (χ0n) is 20.1. The van der Waals surface area contributed by atoms with Gasteiger partial charge in [0.15, 0.2) is 0 Å². The maximum Gasteiger partial charge on any atom is 0.250 e. The Morgan fingerprint density at radius 3 is 2.16 bits per heavy atom. The van der Waals surface area contributed by atoms with Crippen LogP contribution in [-0.2, 0) is 16.1 Å². The minimum atomic E-state index is -0.279. The minimum Gasteiger partial charge on any atom is -0.488 e. The normalized spacial score (nSPS) is 16.3. The second-order valence-electron chi connectivity index (χ2n) is 8.43. The first-order valence-corrected chi connectivity index (χ1v) is 12.8. The molecule has 0 aliphatic carbocycles. The van der Waals surface area contributed by atoms with Gasteiger partial charge in [0, 0.05) is 36.2 Å². The zero-order chi connectivity index (χ0) is 25.5. The maximum atomic E-state index is 13.2. The fourth-order valence-corrected chi connectivity index (χ4v) is 4.25. The van der Waals surface area contributed by atoms with E-state index in [1.165, 1.54) is 12.1 Å². The lowest BCUT2D eigenvalue weighted by atomic mass is 10.2. The first kappa shape index (κ1) is 25.3. The summed E-state index contributed by atoms with van der Waals surface area (Å²) in [6.07, 6.45) is 1.65. The molecule has 2 fully saturated rings. The summed E-state index contributed by atoms with van der Waals surface area (Å²) in [4.78, 5) is 18.1. The first-order valence-electron chi connectivity index (χ1n) is 12.0. The van der Waals surface area contributed by atoms with Crippen molar-refractivity contribution in [2.45, 2.75) is 6.61 Å². The van der Waals surface area contributed by atoms with Gasteiger partial charge in [-0.1, -0.05) is 28.1 Å². The summed E-state index contributed by atoms with van der Waals surface area (Å²) in [6, 6.07) is 11.9. The van der Waals surface area contributed by atoms with Gasteiger partial charge < -0.3 is 24.0 Å². The van der Waals surface area contributed by atoms with Crippen LogP contribution in [0, 0.1) is 5.82 Å². The third-order valence-corrected chi connectivity index (χ3v) is 6.34. The highest BCUT2D eigenvalue weighted by Gasteiger charge is 2.20. The third-order valence-electron chi connectivity index (χ3n) is 5.85. The average molecular weight is 572 g/mol. The predicted octanol–water partition coefficient (Wildman–Crippen LogP) is 3.47. The van der Waals surface area contributed by atoms with Crippen LogP contribution in [0.1, 0.15) is 11.1 Å². The highest BCUT2D eigenvalue weighted by molar-refractivity contribution is 9.10. The molecule has 2 aliphatic heterocycles. The average Bonchev–Trinajstić information content (AvgIpc) is 2.94. The quantitative estimate of drug-likeness (QED) is 0.322. The van der Waals surface area contributed by atoms with Crippen molar-refractivity contribution in [3.63, 3.8) is 0 Å². The highest BCUT2D eigenvalue weighted by atomic mass is 79.9. The van der Waals surface area contributed by atoms with Crippen LogP contribution >= 0.6 is 15.9 Å². The van der Waals surface area contributed by atoms with Crippen molar-refractivity contribution in [1.29, 1.82) is 0 Å². The largest absolute Gasteiger partial charge is 0.488 e. The summed E-state index contributed by atoms with van der Waals surface area (Å²) in [6.45, 7) is 5.65. The van der Waals surface area contributed by atoms with Crippen molar-refractivity contribution in [1.82, 2.24) is 15.0 Å². The molecule has 0 saturated carbocycles. The molecule has 10 nitrogen and oxygen atoms in total. The molecule has 37 heavy (non-hydrogen) atoms.